The van der Waals surface area contributed by atoms with Gasteiger partial charge in [-0.15, -0.1) is 0 Å². The molecular weight excluding hydrogens is 180 g/mol. The summed E-state index contributed by atoms with van der Waals surface area (Å²) >= 11 is 0. The maximum Gasteiger partial charge on any atom is 0.193 e. The fourth-order valence-corrected chi connectivity index (χ4v) is 1.28. The highest BCUT2D eigenvalue weighted by atomic mass is 16.5. The molecule has 1 aliphatic heterocycles. The molecule has 3 heteroatoms. The van der Waals surface area contributed by atoms with Crippen molar-refractivity contribution >= 4 is 11.9 Å². The Labute approximate surface area is 81.9 Å². The molecule has 0 spiro atoms. The van der Waals surface area contributed by atoms with Crippen molar-refractivity contribution < 1.29 is 14.3 Å². The summed E-state index contributed by atoms with van der Waals surface area (Å²) in [5, 5.41) is 0. The first-order valence-corrected chi connectivity index (χ1v) is 4.31. The second kappa shape index (κ2) is 3.54. The highest BCUT2D eigenvalue weighted by Crippen LogP contribution is 2.27. The topological polar surface area (TPSA) is 35.5 Å². The lowest BCUT2D eigenvalue weighted by Crippen LogP contribution is -2.06. The van der Waals surface area contributed by atoms with E-state index in [1.54, 1.807) is 19.3 Å². The fourth-order valence-electron chi connectivity index (χ4n) is 1.28. The van der Waals surface area contributed by atoms with Crippen LogP contribution >= 0.6 is 0 Å². The molecule has 2 rings (SSSR count). The van der Waals surface area contributed by atoms with E-state index < -0.39 is 0 Å². The zero-order valence-corrected chi connectivity index (χ0v) is 7.82. The SMILES string of the molecule is COc1ccc2c(c1)OCC(=O)C=C2. The number of methoxy groups -OCH3 is 1. The van der Waals surface area contributed by atoms with E-state index in [2.05, 4.69) is 0 Å². The number of carbonyl (C=O) groups excluding carboxylic acids is 1. The van der Waals surface area contributed by atoms with Crippen LogP contribution < -0.4 is 9.47 Å². The zero-order chi connectivity index (χ0) is 9.97. The van der Waals surface area contributed by atoms with Gasteiger partial charge >= 0.3 is 0 Å². The normalized spacial score (nSPS) is 14.2. The summed E-state index contributed by atoms with van der Waals surface area (Å²) in [6.45, 7) is 0.0939. The number of hydrogen-bond acceptors (Lipinski definition) is 3. The summed E-state index contributed by atoms with van der Waals surface area (Å²) in [7, 11) is 1.60. The first-order valence-electron chi connectivity index (χ1n) is 4.31. The molecule has 0 bridgehead atoms. The van der Waals surface area contributed by atoms with Gasteiger partial charge in [-0.2, -0.15) is 0 Å². The van der Waals surface area contributed by atoms with Crippen molar-refractivity contribution in [2.24, 2.45) is 0 Å². The lowest BCUT2D eigenvalue weighted by Gasteiger charge is -2.07. The monoisotopic (exact) mass is 190 g/mol. The van der Waals surface area contributed by atoms with Gasteiger partial charge in [0.2, 0.25) is 0 Å². The fraction of sp³-hybridized carbons (Fsp3) is 0.182. The Hall–Kier alpha value is -1.77. The van der Waals surface area contributed by atoms with Crippen LogP contribution in [-0.4, -0.2) is 19.5 Å². The van der Waals surface area contributed by atoms with E-state index in [4.69, 9.17) is 9.47 Å². The molecule has 0 amide bonds. The van der Waals surface area contributed by atoms with Gasteiger partial charge in [0.25, 0.3) is 0 Å². The number of rotatable bonds is 1. The van der Waals surface area contributed by atoms with Gasteiger partial charge in [0.1, 0.15) is 11.5 Å². The Kier molecular flexibility index (Phi) is 2.23. The van der Waals surface area contributed by atoms with E-state index in [-0.39, 0.29) is 12.4 Å². The zero-order valence-electron chi connectivity index (χ0n) is 7.82. The van der Waals surface area contributed by atoms with Crippen molar-refractivity contribution in [2.45, 2.75) is 0 Å². The van der Waals surface area contributed by atoms with Gasteiger partial charge in [-0.3, -0.25) is 4.79 Å². The van der Waals surface area contributed by atoms with Crippen LogP contribution in [-0.2, 0) is 4.79 Å². The van der Waals surface area contributed by atoms with Crippen LogP contribution in [0.2, 0.25) is 0 Å². The molecule has 1 aromatic carbocycles. The van der Waals surface area contributed by atoms with Gasteiger partial charge in [-0.25, -0.2) is 0 Å². The molecule has 0 saturated heterocycles. The van der Waals surface area contributed by atoms with Crippen molar-refractivity contribution in [1.29, 1.82) is 0 Å². The Morgan fingerprint density at radius 2 is 2.21 bits per heavy atom. The maximum atomic E-state index is 11.1. The summed E-state index contributed by atoms with van der Waals surface area (Å²) < 4.78 is 10.4. The van der Waals surface area contributed by atoms with Gasteiger partial charge in [-0.05, 0) is 24.3 Å². The average molecular weight is 190 g/mol. The molecule has 1 aliphatic rings. The molecule has 0 aromatic heterocycles. The van der Waals surface area contributed by atoms with Crippen LogP contribution in [0.3, 0.4) is 0 Å². The minimum Gasteiger partial charge on any atom is -0.497 e. The quantitative estimate of drug-likeness (QED) is 0.675. The number of hydrogen-bond donors (Lipinski definition) is 0. The Balaban J connectivity index is 2.40. The van der Waals surface area contributed by atoms with E-state index in [1.165, 1.54) is 6.08 Å². The molecule has 0 radical (unpaired) electrons. The number of benzene rings is 1. The molecule has 0 N–H and O–H groups in total. The molecule has 0 unspecified atom stereocenters. The minimum absolute atomic E-state index is 0.0276. The molecule has 1 aromatic rings. The largest absolute Gasteiger partial charge is 0.497 e. The summed E-state index contributed by atoms with van der Waals surface area (Å²) in [5.41, 5.74) is 0.900. The van der Waals surface area contributed by atoms with Crippen LogP contribution in [0.25, 0.3) is 6.08 Å². The first-order chi connectivity index (χ1) is 6.79. The highest BCUT2D eigenvalue weighted by Gasteiger charge is 2.09. The van der Waals surface area contributed by atoms with E-state index in [0.29, 0.717) is 5.75 Å². The van der Waals surface area contributed by atoms with Crippen molar-refractivity contribution in [3.05, 3.63) is 29.8 Å². The van der Waals surface area contributed by atoms with Crippen LogP contribution in [0.5, 0.6) is 11.5 Å². The van der Waals surface area contributed by atoms with Gasteiger partial charge < -0.3 is 9.47 Å². The van der Waals surface area contributed by atoms with Gasteiger partial charge in [0.05, 0.1) is 7.11 Å². The third-order valence-electron chi connectivity index (χ3n) is 2.04. The second-order valence-corrected chi connectivity index (χ2v) is 2.99. The number of carbonyl (C=O) groups is 1. The van der Waals surface area contributed by atoms with Crippen LogP contribution in [0, 0.1) is 0 Å². The maximum absolute atomic E-state index is 11.1. The molecule has 72 valence electrons. The molecular formula is C11H10O3. The molecule has 3 nitrogen and oxygen atoms in total. The van der Waals surface area contributed by atoms with E-state index in [0.717, 1.165) is 11.3 Å². The summed E-state index contributed by atoms with van der Waals surface area (Å²) in [4.78, 5) is 11.1. The van der Waals surface area contributed by atoms with Gasteiger partial charge in [0, 0.05) is 11.6 Å². The van der Waals surface area contributed by atoms with Gasteiger partial charge in [0.15, 0.2) is 12.4 Å². The third-order valence-corrected chi connectivity index (χ3v) is 2.04. The smallest absolute Gasteiger partial charge is 0.193 e. The molecule has 1 heterocycles. The molecule has 0 fully saturated rings. The Bertz CT molecular complexity index is 394. The standard InChI is InChI=1S/C11H10O3/c1-13-10-5-3-8-2-4-9(12)7-14-11(8)6-10/h2-6H,7H2,1H3. The number of ether oxygens (including phenoxy) is 2. The predicted octanol–water partition coefficient (Wildman–Crippen LogP) is 1.67. The van der Waals surface area contributed by atoms with Crippen molar-refractivity contribution in [2.75, 3.05) is 13.7 Å². The van der Waals surface area contributed by atoms with Crippen LogP contribution in [0.15, 0.2) is 24.3 Å². The van der Waals surface area contributed by atoms with Crippen molar-refractivity contribution in [1.82, 2.24) is 0 Å². The number of ketones is 1. The summed E-state index contributed by atoms with van der Waals surface area (Å²) in [6.07, 6.45) is 3.28. The third kappa shape index (κ3) is 1.62. The highest BCUT2D eigenvalue weighted by molar-refractivity contribution is 5.96. The minimum atomic E-state index is -0.0276. The predicted molar refractivity (Wildman–Crippen MR) is 52.5 cm³/mol. The second-order valence-electron chi connectivity index (χ2n) is 2.99. The average Bonchev–Trinajstić information content (AvgIpc) is 2.40. The van der Waals surface area contributed by atoms with Crippen LogP contribution in [0.4, 0.5) is 0 Å². The summed E-state index contributed by atoms with van der Waals surface area (Å²) in [5.74, 6) is 1.39. The molecule has 14 heavy (non-hydrogen) atoms. The summed E-state index contributed by atoms with van der Waals surface area (Å²) in [6, 6.07) is 5.48. The first kappa shape index (κ1) is 8.81. The Morgan fingerprint density at radius 3 is 3.00 bits per heavy atom. The van der Waals surface area contributed by atoms with E-state index in [9.17, 15) is 4.79 Å². The number of fused-ring (bicyclic) bond motifs is 1. The molecule has 0 atom stereocenters. The van der Waals surface area contributed by atoms with E-state index in [1.807, 2.05) is 12.1 Å². The van der Waals surface area contributed by atoms with Crippen molar-refractivity contribution in [3.63, 3.8) is 0 Å². The Morgan fingerprint density at radius 1 is 1.36 bits per heavy atom. The van der Waals surface area contributed by atoms with Crippen molar-refractivity contribution in [3.8, 4) is 11.5 Å². The lowest BCUT2D eigenvalue weighted by atomic mass is 10.2. The van der Waals surface area contributed by atoms with E-state index >= 15 is 0 Å². The van der Waals surface area contributed by atoms with Crippen LogP contribution in [0.1, 0.15) is 5.56 Å². The molecule has 0 aliphatic carbocycles. The van der Waals surface area contributed by atoms with Gasteiger partial charge in [-0.1, -0.05) is 0 Å². The lowest BCUT2D eigenvalue weighted by molar-refractivity contribution is -0.116. The molecule has 0 saturated carbocycles.